The van der Waals surface area contributed by atoms with Crippen LogP contribution in [0.3, 0.4) is 0 Å². The van der Waals surface area contributed by atoms with Gasteiger partial charge < -0.3 is 19.9 Å². The highest BCUT2D eigenvalue weighted by Crippen LogP contribution is 2.57. The molecule has 0 unspecified atom stereocenters. The van der Waals surface area contributed by atoms with Crippen LogP contribution in [-0.2, 0) is 4.74 Å². The number of nitrogens with zero attached hydrogens (tertiary/aromatic N) is 2. The summed E-state index contributed by atoms with van der Waals surface area (Å²) in [6, 6.07) is 1.22. The van der Waals surface area contributed by atoms with Crippen LogP contribution < -0.4 is 5.32 Å². The molecule has 1 N–H and O–H groups in total. The number of ether oxygens (including phenoxy) is 1. The smallest absolute Gasteiger partial charge is 0.317 e. The topological polar surface area (TPSA) is 44.8 Å². The van der Waals surface area contributed by atoms with Crippen molar-refractivity contribution >= 4 is 6.03 Å². The van der Waals surface area contributed by atoms with Crippen LogP contribution in [0.1, 0.15) is 58.3 Å². The first-order valence-corrected chi connectivity index (χ1v) is 10.1. The maximum Gasteiger partial charge on any atom is 0.317 e. The van der Waals surface area contributed by atoms with E-state index in [9.17, 15) is 4.79 Å². The fraction of sp³-hybridized carbons (Fsp3) is 0.947. The first kappa shape index (κ1) is 16.6. The molecule has 0 aromatic rings. The van der Waals surface area contributed by atoms with E-state index in [1.165, 1.54) is 45.2 Å². The van der Waals surface area contributed by atoms with Gasteiger partial charge in [-0.25, -0.2) is 4.79 Å². The number of carbonyl (C=O) groups is 1. The molecule has 2 aliphatic carbocycles. The average molecular weight is 335 g/mol. The number of rotatable bonds is 4. The number of urea groups is 1. The molecule has 0 aromatic heterocycles. The van der Waals surface area contributed by atoms with Gasteiger partial charge in [0.15, 0.2) is 0 Å². The van der Waals surface area contributed by atoms with Gasteiger partial charge in [-0.15, -0.1) is 0 Å². The molecule has 0 aromatic carbocycles. The quantitative estimate of drug-likeness (QED) is 0.859. The largest absolute Gasteiger partial charge is 0.378 e. The lowest BCUT2D eigenvalue weighted by Crippen LogP contribution is -2.68. The Morgan fingerprint density at radius 2 is 1.83 bits per heavy atom. The minimum atomic E-state index is 0.168. The third-order valence-electron chi connectivity index (χ3n) is 7.14. The van der Waals surface area contributed by atoms with Gasteiger partial charge in [0.2, 0.25) is 0 Å². The van der Waals surface area contributed by atoms with Gasteiger partial charge in [0.25, 0.3) is 0 Å². The van der Waals surface area contributed by atoms with E-state index in [-0.39, 0.29) is 11.4 Å². The molecular formula is C19H33N3O2. The molecular weight excluding hydrogens is 302 g/mol. The highest BCUT2D eigenvalue weighted by Gasteiger charge is 2.59. The molecule has 2 saturated carbocycles. The molecule has 0 bridgehead atoms. The molecule has 1 spiro atoms. The van der Waals surface area contributed by atoms with E-state index in [2.05, 4.69) is 17.1 Å². The van der Waals surface area contributed by atoms with Crippen molar-refractivity contribution in [2.75, 3.05) is 32.8 Å². The van der Waals surface area contributed by atoms with E-state index in [0.29, 0.717) is 18.2 Å². The van der Waals surface area contributed by atoms with E-state index in [1.807, 2.05) is 4.90 Å². The fourth-order valence-electron chi connectivity index (χ4n) is 5.42. The van der Waals surface area contributed by atoms with Gasteiger partial charge in [0.05, 0.1) is 6.10 Å². The van der Waals surface area contributed by atoms with Crippen LogP contribution in [0.15, 0.2) is 0 Å². The van der Waals surface area contributed by atoms with Crippen LogP contribution in [0.25, 0.3) is 0 Å². The summed E-state index contributed by atoms with van der Waals surface area (Å²) in [5.41, 5.74) is 0.263. The molecule has 5 nitrogen and oxygen atoms in total. The normalized spacial score (nSPS) is 33.3. The monoisotopic (exact) mass is 335 g/mol. The van der Waals surface area contributed by atoms with Crippen molar-refractivity contribution in [2.45, 2.75) is 76.5 Å². The maximum absolute atomic E-state index is 12.7. The molecule has 2 heterocycles. The Morgan fingerprint density at radius 3 is 2.42 bits per heavy atom. The summed E-state index contributed by atoms with van der Waals surface area (Å²) in [6.45, 7) is 7.23. The summed E-state index contributed by atoms with van der Waals surface area (Å²) in [6.07, 6.45) is 10.1. The second-order valence-corrected chi connectivity index (χ2v) is 8.23. The molecule has 136 valence electrons. The number of piperidine rings is 1. The van der Waals surface area contributed by atoms with Gasteiger partial charge in [-0.3, -0.25) is 0 Å². The van der Waals surface area contributed by atoms with Gasteiger partial charge in [0, 0.05) is 37.2 Å². The van der Waals surface area contributed by atoms with Crippen molar-refractivity contribution in [1.82, 2.24) is 15.1 Å². The second kappa shape index (κ2) is 6.83. The van der Waals surface area contributed by atoms with Crippen molar-refractivity contribution in [3.63, 3.8) is 0 Å². The van der Waals surface area contributed by atoms with Gasteiger partial charge >= 0.3 is 6.03 Å². The van der Waals surface area contributed by atoms with Gasteiger partial charge in [-0.05, 0) is 65.0 Å². The molecule has 4 fully saturated rings. The first-order chi connectivity index (χ1) is 11.7. The Bertz CT molecular complexity index is 452. The summed E-state index contributed by atoms with van der Waals surface area (Å²) < 4.78 is 5.89. The molecule has 2 atom stereocenters. The standard InChI is InChI=1S/C19H33N3O2/c1-2-24-17-14-16(19(17)8-5-9-19)20-18(23)22-12-6-15(7-13-22)21-10-3-4-11-21/h15-17H,2-14H2,1H3,(H,20,23)/t16-,17-/m1/s1. The Labute approximate surface area is 146 Å². The number of carbonyl (C=O) groups excluding carboxylic acids is 1. The van der Waals surface area contributed by atoms with E-state index in [1.54, 1.807) is 0 Å². The van der Waals surface area contributed by atoms with Crippen LogP contribution in [0.5, 0.6) is 0 Å². The van der Waals surface area contributed by atoms with Crippen molar-refractivity contribution in [3.05, 3.63) is 0 Å². The van der Waals surface area contributed by atoms with Gasteiger partial charge in [-0.2, -0.15) is 0 Å². The Morgan fingerprint density at radius 1 is 1.12 bits per heavy atom. The van der Waals surface area contributed by atoms with E-state index in [4.69, 9.17) is 4.74 Å². The predicted octanol–water partition coefficient (Wildman–Crippen LogP) is 2.60. The Kier molecular flexibility index (Phi) is 4.74. The molecule has 4 rings (SSSR count). The van der Waals surface area contributed by atoms with Crippen LogP contribution in [-0.4, -0.2) is 66.8 Å². The maximum atomic E-state index is 12.7. The van der Waals surface area contributed by atoms with Gasteiger partial charge in [0.1, 0.15) is 0 Å². The van der Waals surface area contributed by atoms with Crippen molar-refractivity contribution in [2.24, 2.45) is 5.41 Å². The lowest BCUT2D eigenvalue weighted by atomic mass is 9.51. The zero-order valence-corrected chi connectivity index (χ0v) is 15.1. The third kappa shape index (κ3) is 2.84. The van der Waals surface area contributed by atoms with Crippen molar-refractivity contribution < 1.29 is 9.53 Å². The molecule has 2 saturated heterocycles. The lowest BCUT2D eigenvalue weighted by molar-refractivity contribution is -0.170. The Balaban J connectivity index is 1.25. The first-order valence-electron chi connectivity index (χ1n) is 10.1. The fourth-order valence-corrected chi connectivity index (χ4v) is 5.42. The zero-order valence-electron chi connectivity index (χ0n) is 15.1. The molecule has 24 heavy (non-hydrogen) atoms. The predicted molar refractivity (Wildman–Crippen MR) is 94.0 cm³/mol. The summed E-state index contributed by atoms with van der Waals surface area (Å²) in [5.74, 6) is 0. The summed E-state index contributed by atoms with van der Waals surface area (Å²) >= 11 is 0. The van der Waals surface area contributed by atoms with Crippen LogP contribution in [0.4, 0.5) is 4.79 Å². The van der Waals surface area contributed by atoms with Gasteiger partial charge in [-0.1, -0.05) is 6.42 Å². The summed E-state index contributed by atoms with van der Waals surface area (Å²) in [5, 5.41) is 3.35. The second-order valence-electron chi connectivity index (χ2n) is 8.23. The molecule has 5 heteroatoms. The molecule has 2 aliphatic heterocycles. The Hall–Kier alpha value is -0.810. The minimum absolute atomic E-state index is 0.168. The van der Waals surface area contributed by atoms with Crippen LogP contribution in [0.2, 0.25) is 0 Å². The highest BCUT2D eigenvalue weighted by molar-refractivity contribution is 5.75. The molecule has 0 radical (unpaired) electrons. The number of amides is 2. The highest BCUT2D eigenvalue weighted by atomic mass is 16.5. The number of hydrogen-bond donors (Lipinski definition) is 1. The summed E-state index contributed by atoms with van der Waals surface area (Å²) in [4.78, 5) is 17.4. The molecule has 2 amide bonds. The average Bonchev–Trinajstić information content (AvgIpc) is 3.06. The molecule has 4 aliphatic rings. The van der Waals surface area contributed by atoms with Crippen LogP contribution >= 0.6 is 0 Å². The summed E-state index contributed by atoms with van der Waals surface area (Å²) in [7, 11) is 0. The lowest BCUT2D eigenvalue weighted by Gasteiger charge is -2.61. The number of likely N-dealkylation sites (tertiary alicyclic amines) is 2. The number of nitrogens with one attached hydrogen (secondary N) is 1. The van der Waals surface area contributed by atoms with E-state index < -0.39 is 0 Å². The minimum Gasteiger partial charge on any atom is -0.378 e. The van der Waals surface area contributed by atoms with E-state index in [0.717, 1.165) is 39.0 Å². The SMILES string of the molecule is CCO[C@@H]1C[C@@H](NC(=O)N2CCC(N3CCCC3)CC2)C12CCC2. The van der Waals surface area contributed by atoms with E-state index >= 15 is 0 Å². The van der Waals surface area contributed by atoms with Crippen LogP contribution in [0, 0.1) is 5.41 Å². The zero-order chi connectivity index (χ0) is 16.6. The van der Waals surface area contributed by atoms with Crippen molar-refractivity contribution in [3.8, 4) is 0 Å². The number of hydrogen-bond acceptors (Lipinski definition) is 3. The third-order valence-corrected chi connectivity index (χ3v) is 7.14. The van der Waals surface area contributed by atoms with Crippen molar-refractivity contribution in [1.29, 1.82) is 0 Å².